The molecule has 19 heavy (non-hydrogen) atoms. The maximum Gasteiger partial charge on any atom is 0.303 e. The van der Waals surface area contributed by atoms with Gasteiger partial charge in [-0.05, 0) is 38.5 Å². The van der Waals surface area contributed by atoms with Crippen molar-refractivity contribution in [2.75, 3.05) is 13.2 Å². The minimum absolute atomic E-state index is 0.0763. The van der Waals surface area contributed by atoms with Gasteiger partial charge in [0.1, 0.15) is 0 Å². The number of ether oxygens (including phenoxy) is 1. The maximum atomic E-state index is 11.6. The Hall–Kier alpha value is -1.10. The Morgan fingerprint density at radius 3 is 2.68 bits per heavy atom. The molecule has 1 rings (SSSR count). The van der Waals surface area contributed by atoms with Gasteiger partial charge in [-0.3, -0.25) is 9.59 Å². The van der Waals surface area contributed by atoms with Crippen molar-refractivity contribution in [3.8, 4) is 0 Å². The molecule has 0 aromatic heterocycles. The Balaban J connectivity index is 1.91. The summed E-state index contributed by atoms with van der Waals surface area (Å²) < 4.78 is 5.57. The number of rotatable bonds is 9. The van der Waals surface area contributed by atoms with E-state index in [2.05, 4.69) is 5.32 Å². The smallest absolute Gasteiger partial charge is 0.303 e. The van der Waals surface area contributed by atoms with E-state index in [9.17, 15) is 9.59 Å². The Kier molecular flexibility index (Phi) is 8.21. The molecule has 1 aliphatic heterocycles. The van der Waals surface area contributed by atoms with Gasteiger partial charge >= 0.3 is 5.97 Å². The molecule has 110 valence electrons. The first-order chi connectivity index (χ1) is 9.18. The molecule has 1 heterocycles. The van der Waals surface area contributed by atoms with Gasteiger partial charge in [0.05, 0.1) is 6.10 Å². The van der Waals surface area contributed by atoms with Crippen molar-refractivity contribution < 1.29 is 19.4 Å². The van der Waals surface area contributed by atoms with Crippen molar-refractivity contribution in [3.05, 3.63) is 0 Å². The topological polar surface area (TPSA) is 75.6 Å². The summed E-state index contributed by atoms with van der Waals surface area (Å²) in [5.41, 5.74) is 0. The number of carboxylic acids is 1. The van der Waals surface area contributed by atoms with E-state index >= 15 is 0 Å². The van der Waals surface area contributed by atoms with Crippen LogP contribution >= 0.6 is 0 Å². The van der Waals surface area contributed by atoms with Crippen LogP contribution < -0.4 is 5.32 Å². The predicted molar refractivity (Wildman–Crippen MR) is 71.9 cm³/mol. The lowest BCUT2D eigenvalue weighted by molar-refractivity contribution is -0.137. The standard InChI is InChI=1S/C14H25NO4/c16-13(9-8-12-6-3-5-11-19-12)15-10-4-1-2-7-14(17)18/h12H,1-11H2,(H,15,16)(H,17,18). The fourth-order valence-electron chi connectivity index (χ4n) is 2.22. The van der Waals surface area contributed by atoms with Crippen molar-refractivity contribution in [2.24, 2.45) is 0 Å². The quantitative estimate of drug-likeness (QED) is 0.630. The van der Waals surface area contributed by atoms with Crippen LogP contribution in [0.15, 0.2) is 0 Å². The lowest BCUT2D eigenvalue weighted by atomic mass is 10.0. The number of hydrogen-bond donors (Lipinski definition) is 2. The van der Waals surface area contributed by atoms with E-state index in [-0.39, 0.29) is 18.4 Å². The molecular weight excluding hydrogens is 246 g/mol. The molecule has 0 aromatic rings. The molecule has 1 unspecified atom stereocenters. The van der Waals surface area contributed by atoms with E-state index in [1.165, 1.54) is 6.42 Å². The van der Waals surface area contributed by atoms with Gasteiger partial charge in [-0.2, -0.15) is 0 Å². The van der Waals surface area contributed by atoms with Crippen LogP contribution in [0.5, 0.6) is 0 Å². The zero-order valence-electron chi connectivity index (χ0n) is 11.5. The summed E-state index contributed by atoms with van der Waals surface area (Å²) in [5.74, 6) is -0.677. The molecule has 5 heteroatoms. The fourth-order valence-corrected chi connectivity index (χ4v) is 2.22. The Morgan fingerprint density at radius 1 is 1.16 bits per heavy atom. The molecule has 0 bridgehead atoms. The molecular formula is C14H25NO4. The molecule has 1 atom stereocenters. The van der Waals surface area contributed by atoms with Crippen LogP contribution in [0, 0.1) is 0 Å². The highest BCUT2D eigenvalue weighted by Crippen LogP contribution is 2.16. The average molecular weight is 271 g/mol. The van der Waals surface area contributed by atoms with Crippen LogP contribution in [0.1, 0.15) is 57.8 Å². The minimum atomic E-state index is -0.753. The number of aliphatic carboxylic acids is 1. The Bertz CT molecular complexity index is 275. The summed E-state index contributed by atoms with van der Waals surface area (Å²) >= 11 is 0. The third-order valence-corrected chi connectivity index (χ3v) is 3.36. The highest BCUT2D eigenvalue weighted by molar-refractivity contribution is 5.75. The van der Waals surface area contributed by atoms with Gasteiger partial charge in [-0.1, -0.05) is 6.42 Å². The first kappa shape index (κ1) is 16.0. The van der Waals surface area contributed by atoms with Crippen molar-refractivity contribution in [3.63, 3.8) is 0 Å². The summed E-state index contributed by atoms with van der Waals surface area (Å²) in [4.78, 5) is 21.9. The van der Waals surface area contributed by atoms with Gasteiger partial charge < -0.3 is 15.2 Å². The second-order valence-electron chi connectivity index (χ2n) is 5.08. The lowest BCUT2D eigenvalue weighted by Gasteiger charge is -2.22. The molecule has 1 fully saturated rings. The Morgan fingerprint density at radius 2 is 2.00 bits per heavy atom. The van der Waals surface area contributed by atoms with E-state index in [0.29, 0.717) is 19.4 Å². The summed E-state index contributed by atoms with van der Waals surface area (Å²) in [7, 11) is 0. The summed E-state index contributed by atoms with van der Waals surface area (Å²) in [6.45, 7) is 1.47. The number of nitrogens with one attached hydrogen (secondary N) is 1. The molecule has 1 aliphatic rings. The highest BCUT2D eigenvalue weighted by Gasteiger charge is 2.14. The first-order valence-corrected chi connectivity index (χ1v) is 7.28. The van der Waals surface area contributed by atoms with Crippen LogP contribution in [-0.2, 0) is 14.3 Å². The van der Waals surface area contributed by atoms with Crippen LogP contribution in [0.4, 0.5) is 0 Å². The van der Waals surface area contributed by atoms with E-state index in [0.717, 1.165) is 38.7 Å². The minimum Gasteiger partial charge on any atom is -0.481 e. The van der Waals surface area contributed by atoms with Crippen molar-refractivity contribution in [1.29, 1.82) is 0 Å². The number of carbonyl (C=O) groups excluding carboxylic acids is 1. The summed E-state index contributed by atoms with van der Waals surface area (Å²) in [6.07, 6.45) is 7.60. The van der Waals surface area contributed by atoms with Gasteiger partial charge in [-0.15, -0.1) is 0 Å². The molecule has 0 aromatic carbocycles. The monoisotopic (exact) mass is 271 g/mol. The van der Waals surface area contributed by atoms with E-state index in [1.54, 1.807) is 0 Å². The molecule has 1 amide bonds. The van der Waals surface area contributed by atoms with Gasteiger partial charge in [0.2, 0.25) is 5.91 Å². The second kappa shape index (κ2) is 9.78. The number of hydrogen-bond acceptors (Lipinski definition) is 3. The van der Waals surface area contributed by atoms with Gasteiger partial charge in [0.15, 0.2) is 0 Å². The number of carbonyl (C=O) groups is 2. The second-order valence-corrected chi connectivity index (χ2v) is 5.08. The van der Waals surface area contributed by atoms with Crippen molar-refractivity contribution in [1.82, 2.24) is 5.32 Å². The van der Waals surface area contributed by atoms with Gasteiger partial charge in [0, 0.05) is 26.0 Å². The van der Waals surface area contributed by atoms with Crippen LogP contribution in [0.3, 0.4) is 0 Å². The summed E-state index contributed by atoms with van der Waals surface area (Å²) in [6, 6.07) is 0. The molecule has 2 N–H and O–H groups in total. The third-order valence-electron chi connectivity index (χ3n) is 3.36. The van der Waals surface area contributed by atoms with E-state index in [4.69, 9.17) is 9.84 Å². The molecule has 0 spiro atoms. The number of amides is 1. The predicted octanol–water partition coefficient (Wildman–Crippen LogP) is 2.10. The van der Waals surface area contributed by atoms with Crippen LogP contribution in [0.25, 0.3) is 0 Å². The highest BCUT2D eigenvalue weighted by atomic mass is 16.5. The molecule has 0 saturated carbocycles. The van der Waals surface area contributed by atoms with Crippen molar-refractivity contribution in [2.45, 2.75) is 63.9 Å². The molecule has 0 aliphatic carbocycles. The molecule has 5 nitrogen and oxygen atoms in total. The zero-order chi connectivity index (χ0) is 13.9. The number of carboxylic acid groups (broad SMARTS) is 1. The van der Waals surface area contributed by atoms with Gasteiger partial charge in [-0.25, -0.2) is 0 Å². The zero-order valence-corrected chi connectivity index (χ0v) is 11.5. The molecule has 0 radical (unpaired) electrons. The third kappa shape index (κ3) is 8.59. The van der Waals surface area contributed by atoms with Gasteiger partial charge in [0.25, 0.3) is 0 Å². The van der Waals surface area contributed by atoms with Crippen LogP contribution in [-0.4, -0.2) is 36.2 Å². The Labute approximate surface area is 114 Å². The fraction of sp³-hybridized carbons (Fsp3) is 0.857. The van der Waals surface area contributed by atoms with Crippen molar-refractivity contribution >= 4 is 11.9 Å². The maximum absolute atomic E-state index is 11.6. The average Bonchev–Trinajstić information content (AvgIpc) is 2.41. The SMILES string of the molecule is O=C(O)CCCCCNC(=O)CCC1CCCCO1. The summed E-state index contributed by atoms with van der Waals surface area (Å²) in [5, 5.41) is 11.3. The van der Waals surface area contributed by atoms with Crippen LogP contribution in [0.2, 0.25) is 0 Å². The van der Waals surface area contributed by atoms with E-state index in [1.807, 2.05) is 0 Å². The lowest BCUT2D eigenvalue weighted by Crippen LogP contribution is -2.27. The molecule has 1 saturated heterocycles. The number of unbranched alkanes of at least 4 members (excludes halogenated alkanes) is 2. The van der Waals surface area contributed by atoms with E-state index < -0.39 is 5.97 Å². The normalized spacial score (nSPS) is 19.1. The first-order valence-electron chi connectivity index (χ1n) is 7.28. The largest absolute Gasteiger partial charge is 0.481 e.